The van der Waals surface area contributed by atoms with Gasteiger partial charge in [-0.1, -0.05) is 12.1 Å². The first-order chi connectivity index (χ1) is 7.84. The van der Waals surface area contributed by atoms with Crippen LogP contribution in [0.5, 0.6) is 5.75 Å². The predicted octanol–water partition coefficient (Wildman–Crippen LogP) is 2.22. The van der Waals surface area contributed by atoms with Crippen LogP contribution in [-0.4, -0.2) is 11.7 Å². The lowest BCUT2D eigenvalue weighted by molar-refractivity contribution is 0.455. The van der Waals surface area contributed by atoms with Gasteiger partial charge in [-0.2, -0.15) is 0 Å². The monoisotopic (exact) mass is 215 g/mol. The molecular formula is C13H13NO2. The van der Waals surface area contributed by atoms with Gasteiger partial charge in [0.25, 0.3) is 0 Å². The van der Waals surface area contributed by atoms with E-state index < -0.39 is 0 Å². The van der Waals surface area contributed by atoms with Gasteiger partial charge in [-0.15, -0.1) is 0 Å². The summed E-state index contributed by atoms with van der Waals surface area (Å²) in [5.74, 6) is 1.36. The molecule has 1 aliphatic rings. The molecule has 1 aromatic heterocycles. The molecule has 1 aromatic carbocycles. The Morgan fingerprint density at radius 2 is 2.00 bits per heavy atom. The molecule has 0 bridgehead atoms. The van der Waals surface area contributed by atoms with Crippen LogP contribution >= 0.6 is 0 Å². The van der Waals surface area contributed by atoms with Gasteiger partial charge in [-0.3, -0.25) is 0 Å². The highest BCUT2D eigenvalue weighted by atomic mass is 16.3. The van der Waals surface area contributed by atoms with E-state index in [9.17, 15) is 5.11 Å². The van der Waals surface area contributed by atoms with E-state index in [0.717, 1.165) is 24.3 Å². The molecule has 2 heterocycles. The molecule has 0 saturated carbocycles. The third kappa shape index (κ3) is 1.49. The van der Waals surface area contributed by atoms with E-state index in [1.165, 1.54) is 5.56 Å². The molecule has 16 heavy (non-hydrogen) atoms. The third-order valence-corrected chi connectivity index (χ3v) is 3.02. The van der Waals surface area contributed by atoms with E-state index in [4.69, 9.17) is 4.42 Å². The van der Waals surface area contributed by atoms with Crippen LogP contribution in [0.2, 0.25) is 0 Å². The molecule has 3 nitrogen and oxygen atoms in total. The molecule has 0 aliphatic carbocycles. The van der Waals surface area contributed by atoms with Crippen molar-refractivity contribution in [2.24, 2.45) is 0 Å². The summed E-state index contributed by atoms with van der Waals surface area (Å²) in [4.78, 5) is 0. The molecule has 0 fully saturated rings. The summed E-state index contributed by atoms with van der Waals surface area (Å²) < 4.78 is 5.44. The van der Waals surface area contributed by atoms with Crippen LogP contribution in [0.3, 0.4) is 0 Å². The smallest absolute Gasteiger partial charge is 0.115 e. The molecule has 2 aromatic rings. The summed E-state index contributed by atoms with van der Waals surface area (Å²) in [5, 5.41) is 12.7. The number of nitrogens with one attached hydrogen (secondary N) is 1. The van der Waals surface area contributed by atoms with Gasteiger partial charge >= 0.3 is 0 Å². The zero-order chi connectivity index (χ0) is 11.0. The molecule has 1 aliphatic heterocycles. The number of phenols is 1. The molecule has 0 saturated heterocycles. The van der Waals surface area contributed by atoms with Crippen molar-refractivity contribution in [1.82, 2.24) is 5.32 Å². The second-order valence-corrected chi connectivity index (χ2v) is 4.03. The number of hydrogen-bond donors (Lipinski definition) is 2. The normalized spacial score (nSPS) is 19.4. The number of phenolic OH excluding ortho intramolecular Hbond substituents is 1. The van der Waals surface area contributed by atoms with Gasteiger partial charge in [0, 0.05) is 18.5 Å². The largest absolute Gasteiger partial charge is 0.508 e. The second-order valence-electron chi connectivity index (χ2n) is 4.03. The molecule has 1 unspecified atom stereocenters. The maximum absolute atomic E-state index is 9.27. The van der Waals surface area contributed by atoms with Crippen LogP contribution in [-0.2, 0) is 6.42 Å². The average molecular weight is 215 g/mol. The highest BCUT2D eigenvalue weighted by Gasteiger charge is 2.23. The van der Waals surface area contributed by atoms with Crippen molar-refractivity contribution in [1.29, 1.82) is 0 Å². The van der Waals surface area contributed by atoms with E-state index in [-0.39, 0.29) is 6.04 Å². The minimum Gasteiger partial charge on any atom is -0.508 e. The first kappa shape index (κ1) is 9.48. The number of aromatic hydroxyl groups is 1. The van der Waals surface area contributed by atoms with Crippen molar-refractivity contribution >= 4 is 0 Å². The number of furan rings is 1. The lowest BCUT2D eigenvalue weighted by Gasteiger charge is -2.23. The van der Waals surface area contributed by atoms with E-state index in [1.54, 1.807) is 18.4 Å². The lowest BCUT2D eigenvalue weighted by atomic mass is 9.95. The van der Waals surface area contributed by atoms with E-state index in [0.29, 0.717) is 5.75 Å². The Balaban J connectivity index is 2.00. The summed E-state index contributed by atoms with van der Waals surface area (Å²) in [5.41, 5.74) is 2.36. The minimum absolute atomic E-state index is 0.183. The zero-order valence-electron chi connectivity index (χ0n) is 8.81. The quantitative estimate of drug-likeness (QED) is 0.766. The summed E-state index contributed by atoms with van der Waals surface area (Å²) in [6, 6.07) is 9.50. The fourth-order valence-electron chi connectivity index (χ4n) is 2.22. The van der Waals surface area contributed by atoms with Crippen molar-refractivity contribution < 1.29 is 9.52 Å². The Kier molecular flexibility index (Phi) is 2.18. The SMILES string of the molecule is Oc1ccc(C2NCCc3occc32)cc1. The molecule has 3 rings (SSSR count). The molecular weight excluding hydrogens is 202 g/mol. The highest BCUT2D eigenvalue weighted by Crippen LogP contribution is 2.29. The zero-order valence-corrected chi connectivity index (χ0v) is 8.81. The first-order valence-corrected chi connectivity index (χ1v) is 5.43. The molecule has 0 amide bonds. The lowest BCUT2D eigenvalue weighted by Crippen LogP contribution is -2.29. The predicted molar refractivity (Wildman–Crippen MR) is 60.4 cm³/mol. The Hall–Kier alpha value is -1.74. The molecule has 2 N–H and O–H groups in total. The van der Waals surface area contributed by atoms with Crippen LogP contribution in [0.4, 0.5) is 0 Å². The van der Waals surface area contributed by atoms with Gasteiger partial charge in [0.15, 0.2) is 0 Å². The summed E-state index contributed by atoms with van der Waals surface area (Å²) >= 11 is 0. The summed E-state index contributed by atoms with van der Waals surface area (Å²) in [7, 11) is 0. The van der Waals surface area contributed by atoms with E-state index in [2.05, 4.69) is 5.32 Å². The van der Waals surface area contributed by atoms with Crippen LogP contribution < -0.4 is 5.32 Å². The Morgan fingerprint density at radius 1 is 1.19 bits per heavy atom. The number of fused-ring (bicyclic) bond motifs is 1. The fourth-order valence-corrected chi connectivity index (χ4v) is 2.22. The number of hydrogen-bond acceptors (Lipinski definition) is 3. The van der Waals surface area contributed by atoms with Gasteiger partial charge in [0.1, 0.15) is 11.5 Å². The fraction of sp³-hybridized carbons (Fsp3) is 0.231. The van der Waals surface area contributed by atoms with Gasteiger partial charge in [0.2, 0.25) is 0 Å². The van der Waals surface area contributed by atoms with Crippen molar-refractivity contribution in [3.63, 3.8) is 0 Å². The van der Waals surface area contributed by atoms with E-state index >= 15 is 0 Å². The topological polar surface area (TPSA) is 45.4 Å². The second kappa shape index (κ2) is 3.68. The van der Waals surface area contributed by atoms with Gasteiger partial charge in [-0.05, 0) is 23.8 Å². The van der Waals surface area contributed by atoms with Gasteiger partial charge in [0.05, 0.1) is 12.3 Å². The third-order valence-electron chi connectivity index (χ3n) is 3.02. The molecule has 0 spiro atoms. The Labute approximate surface area is 93.7 Å². The molecule has 82 valence electrons. The van der Waals surface area contributed by atoms with E-state index in [1.807, 2.05) is 18.2 Å². The summed E-state index contributed by atoms with van der Waals surface area (Å²) in [6.07, 6.45) is 2.68. The highest BCUT2D eigenvalue weighted by molar-refractivity contribution is 5.37. The minimum atomic E-state index is 0.183. The number of benzene rings is 1. The van der Waals surface area contributed by atoms with Gasteiger partial charge in [-0.25, -0.2) is 0 Å². The van der Waals surface area contributed by atoms with Crippen molar-refractivity contribution in [3.8, 4) is 5.75 Å². The van der Waals surface area contributed by atoms with Crippen molar-refractivity contribution in [2.45, 2.75) is 12.5 Å². The molecule has 3 heteroatoms. The Bertz CT molecular complexity index is 487. The molecule has 0 radical (unpaired) electrons. The summed E-state index contributed by atoms with van der Waals surface area (Å²) in [6.45, 7) is 0.923. The van der Waals surface area contributed by atoms with Crippen LogP contribution in [0.15, 0.2) is 41.0 Å². The number of rotatable bonds is 1. The first-order valence-electron chi connectivity index (χ1n) is 5.43. The average Bonchev–Trinajstić information content (AvgIpc) is 2.78. The van der Waals surface area contributed by atoms with Gasteiger partial charge < -0.3 is 14.8 Å². The van der Waals surface area contributed by atoms with Crippen LogP contribution in [0, 0.1) is 0 Å². The maximum Gasteiger partial charge on any atom is 0.115 e. The standard InChI is InChI=1S/C13H13NO2/c15-10-3-1-9(2-4-10)13-11-6-8-16-12(11)5-7-14-13/h1-4,6,8,13-15H,5,7H2. The van der Waals surface area contributed by atoms with Crippen molar-refractivity contribution in [2.75, 3.05) is 6.54 Å². The molecule has 1 atom stereocenters. The van der Waals surface area contributed by atoms with Crippen LogP contribution in [0.25, 0.3) is 0 Å². The van der Waals surface area contributed by atoms with Crippen molar-refractivity contribution in [3.05, 3.63) is 53.5 Å². The Morgan fingerprint density at radius 3 is 2.81 bits per heavy atom. The van der Waals surface area contributed by atoms with Crippen LogP contribution in [0.1, 0.15) is 22.9 Å². The maximum atomic E-state index is 9.27.